The zero-order chi connectivity index (χ0) is 18.8. The maximum Gasteiger partial charge on any atom is 0.433 e. The van der Waals surface area contributed by atoms with E-state index in [4.69, 9.17) is 21.1 Å². The van der Waals surface area contributed by atoms with Crippen LogP contribution in [0.25, 0.3) is 0 Å². The summed E-state index contributed by atoms with van der Waals surface area (Å²) in [5.41, 5.74) is 6.40. The topological polar surface area (TPSA) is 133 Å². The highest BCUT2D eigenvalue weighted by atomic mass is 16.6. The molecule has 1 aromatic carbocycles. The summed E-state index contributed by atoms with van der Waals surface area (Å²) in [5.74, 6) is 0. The van der Waals surface area contributed by atoms with E-state index < -0.39 is 17.8 Å². The van der Waals surface area contributed by atoms with Crippen LogP contribution < -0.4 is 5.73 Å². The number of nitriles is 1. The van der Waals surface area contributed by atoms with Gasteiger partial charge < -0.3 is 21.0 Å². The van der Waals surface area contributed by atoms with Crippen molar-refractivity contribution in [3.8, 4) is 6.07 Å². The Balaban J connectivity index is 0.000000506. The van der Waals surface area contributed by atoms with Gasteiger partial charge in [0.25, 0.3) is 0 Å². The van der Waals surface area contributed by atoms with Crippen LogP contribution in [0.5, 0.6) is 0 Å². The SMILES string of the molecule is C=NC(=O)OC(C)(C)C.N#Cc1ccc(C(=N)CC(O)CN)cc1. The summed E-state index contributed by atoms with van der Waals surface area (Å²) in [6.07, 6.45) is -1.06. The number of aliphatic hydroxyl groups is 1. The molecule has 0 saturated heterocycles. The molecule has 7 heteroatoms. The highest BCUT2D eigenvalue weighted by Crippen LogP contribution is 2.08. The molecule has 1 unspecified atom stereocenters. The van der Waals surface area contributed by atoms with Crippen molar-refractivity contribution >= 4 is 18.5 Å². The molecule has 0 aliphatic rings. The minimum Gasteiger partial charge on any atom is -0.442 e. The number of amides is 1. The van der Waals surface area contributed by atoms with Crippen molar-refractivity contribution in [3.05, 3.63) is 35.4 Å². The van der Waals surface area contributed by atoms with Crippen molar-refractivity contribution in [1.29, 1.82) is 10.7 Å². The van der Waals surface area contributed by atoms with E-state index in [9.17, 15) is 9.90 Å². The number of aliphatic imine (C=N–C) groups is 1. The lowest BCUT2D eigenvalue weighted by Gasteiger charge is -2.16. The van der Waals surface area contributed by atoms with Gasteiger partial charge in [0.05, 0.1) is 17.7 Å². The van der Waals surface area contributed by atoms with Crippen LogP contribution in [0.1, 0.15) is 38.3 Å². The van der Waals surface area contributed by atoms with Crippen LogP contribution >= 0.6 is 0 Å². The molecule has 1 rings (SSSR count). The normalized spacial score (nSPS) is 11.3. The molecule has 0 saturated carbocycles. The molecular weight excluding hydrogens is 308 g/mol. The Bertz CT molecular complexity index is 598. The van der Waals surface area contributed by atoms with Crippen molar-refractivity contribution in [1.82, 2.24) is 0 Å². The molecule has 0 aliphatic carbocycles. The van der Waals surface area contributed by atoms with Crippen LogP contribution in [-0.4, -0.2) is 41.9 Å². The van der Waals surface area contributed by atoms with Crippen LogP contribution in [0.2, 0.25) is 0 Å². The Hall–Kier alpha value is -2.56. The van der Waals surface area contributed by atoms with Gasteiger partial charge in [0.1, 0.15) is 5.60 Å². The number of hydrogen-bond acceptors (Lipinski definition) is 6. The highest BCUT2D eigenvalue weighted by Gasteiger charge is 2.14. The second-order valence-electron chi connectivity index (χ2n) is 5.90. The first-order valence-corrected chi connectivity index (χ1v) is 7.28. The van der Waals surface area contributed by atoms with Gasteiger partial charge in [-0.25, -0.2) is 4.79 Å². The average Bonchev–Trinajstić information content (AvgIpc) is 2.53. The predicted molar refractivity (Wildman–Crippen MR) is 93.4 cm³/mol. The number of carbonyl (C=O) groups excluding carboxylic acids is 1. The van der Waals surface area contributed by atoms with Gasteiger partial charge in [0.15, 0.2) is 0 Å². The number of nitrogens with zero attached hydrogens (tertiary/aromatic N) is 2. The van der Waals surface area contributed by atoms with Gasteiger partial charge in [0.2, 0.25) is 0 Å². The van der Waals surface area contributed by atoms with E-state index in [0.717, 1.165) is 0 Å². The smallest absolute Gasteiger partial charge is 0.433 e. The van der Waals surface area contributed by atoms with E-state index >= 15 is 0 Å². The molecule has 0 spiro atoms. The van der Waals surface area contributed by atoms with Crippen molar-refractivity contribution in [2.24, 2.45) is 10.7 Å². The Morgan fingerprint density at radius 2 is 2.00 bits per heavy atom. The van der Waals surface area contributed by atoms with Crippen molar-refractivity contribution in [3.63, 3.8) is 0 Å². The van der Waals surface area contributed by atoms with E-state index in [-0.39, 0.29) is 13.0 Å². The molecular formula is C17H24N4O3. The maximum absolute atomic E-state index is 10.4. The quantitative estimate of drug-likeness (QED) is 0.727. The number of carbonyl (C=O) groups is 1. The molecule has 4 N–H and O–H groups in total. The summed E-state index contributed by atoms with van der Waals surface area (Å²) in [5, 5.41) is 25.6. The summed E-state index contributed by atoms with van der Waals surface area (Å²) < 4.78 is 4.72. The second kappa shape index (κ2) is 10.3. The lowest BCUT2D eigenvalue weighted by molar-refractivity contribution is 0.0606. The third-order valence-electron chi connectivity index (χ3n) is 2.60. The largest absolute Gasteiger partial charge is 0.442 e. The zero-order valence-electron chi connectivity index (χ0n) is 14.2. The molecule has 1 amide bonds. The number of hydrogen-bond donors (Lipinski definition) is 3. The number of aliphatic hydroxyl groups excluding tert-OH is 1. The van der Waals surface area contributed by atoms with Crippen LogP contribution in [0.4, 0.5) is 4.79 Å². The second-order valence-corrected chi connectivity index (χ2v) is 5.90. The standard InChI is InChI=1S/C11H13N3O.C6H11NO2/c12-6-8-1-3-9(4-2-8)11(14)5-10(15)7-13;1-6(2,3)9-5(8)7-4/h1-4,10,14-15H,5,7,13H2;4H2,1-3H3. The Labute approximate surface area is 142 Å². The number of ether oxygens (including phenoxy) is 1. The maximum atomic E-state index is 10.4. The van der Waals surface area contributed by atoms with Crippen LogP contribution in [-0.2, 0) is 4.74 Å². The first-order chi connectivity index (χ1) is 11.1. The van der Waals surface area contributed by atoms with Crippen LogP contribution in [0.3, 0.4) is 0 Å². The molecule has 0 radical (unpaired) electrons. The van der Waals surface area contributed by atoms with Crippen molar-refractivity contribution in [2.45, 2.75) is 38.9 Å². The highest BCUT2D eigenvalue weighted by molar-refractivity contribution is 5.98. The lowest BCUT2D eigenvalue weighted by atomic mass is 10.0. The number of benzene rings is 1. The van der Waals surface area contributed by atoms with Gasteiger partial charge >= 0.3 is 6.09 Å². The molecule has 0 bridgehead atoms. The van der Waals surface area contributed by atoms with Gasteiger partial charge in [-0.1, -0.05) is 12.1 Å². The van der Waals surface area contributed by atoms with Gasteiger partial charge in [-0.3, -0.25) is 0 Å². The minimum absolute atomic E-state index is 0.151. The number of nitrogens with two attached hydrogens (primary N) is 1. The van der Waals surface area contributed by atoms with Gasteiger partial charge in [-0.05, 0) is 45.2 Å². The molecule has 0 fully saturated rings. The summed E-state index contributed by atoms with van der Waals surface area (Å²) in [4.78, 5) is 13.4. The third-order valence-corrected chi connectivity index (χ3v) is 2.60. The summed E-state index contributed by atoms with van der Waals surface area (Å²) in [6.45, 7) is 8.49. The summed E-state index contributed by atoms with van der Waals surface area (Å²) in [6, 6.07) is 8.71. The summed E-state index contributed by atoms with van der Waals surface area (Å²) in [7, 11) is 0. The van der Waals surface area contributed by atoms with Gasteiger partial charge in [0, 0.05) is 18.7 Å². The van der Waals surface area contributed by atoms with Gasteiger partial charge in [-0.15, -0.1) is 0 Å². The monoisotopic (exact) mass is 332 g/mol. The Morgan fingerprint density at radius 3 is 2.33 bits per heavy atom. The molecule has 0 aliphatic heterocycles. The Morgan fingerprint density at radius 1 is 1.46 bits per heavy atom. The molecule has 130 valence electrons. The molecule has 0 aromatic heterocycles. The fraction of sp³-hybridized carbons (Fsp3) is 0.412. The van der Waals surface area contributed by atoms with E-state index in [1.165, 1.54) is 0 Å². The van der Waals surface area contributed by atoms with E-state index in [1.807, 2.05) is 6.07 Å². The number of nitrogens with one attached hydrogen (secondary N) is 1. The fourth-order valence-electron chi connectivity index (χ4n) is 1.48. The molecule has 1 atom stereocenters. The fourth-order valence-corrected chi connectivity index (χ4v) is 1.48. The Kier molecular flexibility index (Phi) is 9.16. The van der Waals surface area contributed by atoms with Crippen molar-refractivity contribution < 1.29 is 14.6 Å². The first kappa shape index (κ1) is 21.4. The van der Waals surface area contributed by atoms with E-state index in [2.05, 4.69) is 11.7 Å². The average molecular weight is 332 g/mol. The van der Waals surface area contributed by atoms with E-state index in [1.54, 1.807) is 45.0 Å². The van der Waals surface area contributed by atoms with Crippen LogP contribution in [0, 0.1) is 16.7 Å². The first-order valence-electron chi connectivity index (χ1n) is 7.28. The molecule has 0 heterocycles. The summed E-state index contributed by atoms with van der Waals surface area (Å²) >= 11 is 0. The molecule has 24 heavy (non-hydrogen) atoms. The van der Waals surface area contributed by atoms with Crippen molar-refractivity contribution in [2.75, 3.05) is 6.54 Å². The molecule has 7 nitrogen and oxygen atoms in total. The zero-order valence-corrected chi connectivity index (χ0v) is 14.2. The third kappa shape index (κ3) is 9.46. The van der Waals surface area contributed by atoms with Crippen LogP contribution in [0.15, 0.2) is 29.3 Å². The number of rotatable bonds is 4. The lowest BCUT2D eigenvalue weighted by Crippen LogP contribution is -2.23. The molecule has 1 aromatic rings. The minimum atomic E-state index is -0.673. The predicted octanol–water partition coefficient (Wildman–Crippen LogP) is 2.26. The van der Waals surface area contributed by atoms with E-state index in [0.29, 0.717) is 16.8 Å². The van der Waals surface area contributed by atoms with Gasteiger partial charge in [-0.2, -0.15) is 10.3 Å².